The Bertz CT molecular complexity index is 312. The van der Waals surface area contributed by atoms with Gasteiger partial charge in [-0.2, -0.15) is 0 Å². The lowest BCUT2D eigenvalue weighted by molar-refractivity contribution is 0.630. The molecule has 0 aliphatic rings. The molecule has 3 nitrogen and oxygen atoms in total. The van der Waals surface area contributed by atoms with Gasteiger partial charge in [-0.1, -0.05) is 6.92 Å². The molecule has 0 fully saturated rings. The zero-order chi connectivity index (χ0) is 12.0. The van der Waals surface area contributed by atoms with Crippen LogP contribution in [0.2, 0.25) is 0 Å². The van der Waals surface area contributed by atoms with E-state index in [0.717, 1.165) is 25.3 Å². The molecule has 0 aliphatic heterocycles. The number of hydrogen-bond acceptors (Lipinski definition) is 3. The third kappa shape index (κ3) is 3.12. The first kappa shape index (κ1) is 12.8. The van der Waals surface area contributed by atoms with Crippen molar-refractivity contribution in [2.24, 2.45) is 0 Å². The maximum absolute atomic E-state index is 4.29. The molecular formula is C13H23N3. The number of hydrogen-bond donors (Lipinski definition) is 1. The number of anilines is 2. The average molecular weight is 221 g/mol. The first-order valence-electron chi connectivity index (χ1n) is 6.19. The van der Waals surface area contributed by atoms with Gasteiger partial charge < -0.3 is 10.2 Å². The fraction of sp³-hybridized carbons (Fsp3) is 0.615. The predicted octanol–water partition coefficient (Wildman–Crippen LogP) is 3.14. The van der Waals surface area contributed by atoms with Crippen LogP contribution < -0.4 is 10.2 Å². The molecule has 0 saturated carbocycles. The second kappa shape index (κ2) is 6.36. The van der Waals surface area contributed by atoms with E-state index in [1.807, 2.05) is 6.20 Å². The van der Waals surface area contributed by atoms with Gasteiger partial charge in [0.05, 0.1) is 0 Å². The van der Waals surface area contributed by atoms with Gasteiger partial charge in [0.15, 0.2) is 0 Å². The van der Waals surface area contributed by atoms with Crippen molar-refractivity contribution >= 4 is 11.5 Å². The van der Waals surface area contributed by atoms with Crippen LogP contribution in [-0.2, 0) is 0 Å². The van der Waals surface area contributed by atoms with Crippen LogP contribution in [-0.4, -0.2) is 24.1 Å². The molecule has 0 amide bonds. The minimum absolute atomic E-state index is 0.571. The van der Waals surface area contributed by atoms with Gasteiger partial charge in [-0.05, 0) is 33.3 Å². The van der Waals surface area contributed by atoms with Crippen LogP contribution in [0.25, 0.3) is 0 Å². The number of nitrogens with one attached hydrogen (secondary N) is 1. The molecule has 1 aromatic rings. The molecule has 90 valence electrons. The molecular weight excluding hydrogens is 198 g/mol. The zero-order valence-corrected chi connectivity index (χ0v) is 10.8. The van der Waals surface area contributed by atoms with Crippen molar-refractivity contribution in [3.8, 4) is 0 Å². The molecule has 0 saturated heterocycles. The SMILES string of the molecule is CCNc1cc(N(CC)C(C)CC)ccn1. The first-order valence-corrected chi connectivity index (χ1v) is 6.19. The third-order valence-electron chi connectivity index (χ3n) is 2.90. The van der Waals surface area contributed by atoms with E-state index in [1.54, 1.807) is 0 Å². The van der Waals surface area contributed by atoms with Gasteiger partial charge in [-0.25, -0.2) is 4.98 Å². The Morgan fingerprint density at radius 1 is 1.38 bits per heavy atom. The predicted molar refractivity (Wildman–Crippen MR) is 71.2 cm³/mol. The summed E-state index contributed by atoms with van der Waals surface area (Å²) in [7, 11) is 0. The van der Waals surface area contributed by atoms with Crippen molar-refractivity contribution in [2.75, 3.05) is 23.3 Å². The van der Waals surface area contributed by atoms with Crippen molar-refractivity contribution in [2.45, 2.75) is 40.2 Å². The minimum Gasteiger partial charge on any atom is -0.370 e. The summed E-state index contributed by atoms with van der Waals surface area (Å²) in [5.74, 6) is 0.960. The topological polar surface area (TPSA) is 28.2 Å². The van der Waals surface area contributed by atoms with Crippen LogP contribution in [0.4, 0.5) is 11.5 Å². The van der Waals surface area contributed by atoms with Crippen LogP contribution in [0.15, 0.2) is 18.3 Å². The number of nitrogens with zero attached hydrogens (tertiary/aromatic N) is 2. The van der Waals surface area contributed by atoms with Crippen molar-refractivity contribution in [1.29, 1.82) is 0 Å². The highest BCUT2D eigenvalue weighted by molar-refractivity contribution is 5.54. The molecule has 0 radical (unpaired) electrons. The van der Waals surface area contributed by atoms with Crippen LogP contribution in [0.1, 0.15) is 34.1 Å². The highest BCUT2D eigenvalue weighted by Gasteiger charge is 2.11. The molecule has 1 heterocycles. The van der Waals surface area contributed by atoms with Crippen LogP contribution >= 0.6 is 0 Å². The summed E-state index contributed by atoms with van der Waals surface area (Å²) < 4.78 is 0. The van der Waals surface area contributed by atoms with Crippen molar-refractivity contribution in [3.05, 3.63) is 18.3 Å². The van der Waals surface area contributed by atoms with Crippen molar-refractivity contribution in [3.63, 3.8) is 0 Å². The Morgan fingerprint density at radius 3 is 2.69 bits per heavy atom. The van der Waals surface area contributed by atoms with E-state index in [-0.39, 0.29) is 0 Å². The number of aromatic nitrogens is 1. The Balaban J connectivity index is 2.87. The Labute approximate surface area is 98.9 Å². The molecule has 0 aliphatic carbocycles. The Morgan fingerprint density at radius 2 is 2.12 bits per heavy atom. The Kier molecular flexibility index (Phi) is 5.09. The first-order chi connectivity index (χ1) is 7.72. The van der Waals surface area contributed by atoms with E-state index < -0.39 is 0 Å². The van der Waals surface area contributed by atoms with Gasteiger partial charge >= 0.3 is 0 Å². The standard InChI is InChI=1S/C13H23N3/c1-5-11(4)16(7-3)12-8-9-15-13(10-12)14-6-2/h8-11H,5-7H2,1-4H3,(H,14,15). The van der Waals surface area contributed by atoms with Crippen molar-refractivity contribution < 1.29 is 0 Å². The van der Waals surface area contributed by atoms with E-state index in [9.17, 15) is 0 Å². The minimum atomic E-state index is 0.571. The summed E-state index contributed by atoms with van der Waals surface area (Å²) in [5.41, 5.74) is 1.25. The fourth-order valence-corrected chi connectivity index (χ4v) is 1.84. The smallest absolute Gasteiger partial charge is 0.127 e. The maximum Gasteiger partial charge on any atom is 0.127 e. The summed E-state index contributed by atoms with van der Waals surface area (Å²) >= 11 is 0. The molecule has 0 bridgehead atoms. The van der Waals surface area contributed by atoms with Gasteiger partial charge in [0, 0.05) is 37.1 Å². The molecule has 1 rings (SSSR count). The maximum atomic E-state index is 4.29. The van der Waals surface area contributed by atoms with Crippen LogP contribution in [0.5, 0.6) is 0 Å². The van der Waals surface area contributed by atoms with E-state index in [4.69, 9.17) is 0 Å². The second-order valence-electron chi connectivity index (χ2n) is 3.97. The summed E-state index contributed by atoms with van der Waals surface area (Å²) in [6.45, 7) is 10.7. The zero-order valence-electron chi connectivity index (χ0n) is 10.8. The summed E-state index contributed by atoms with van der Waals surface area (Å²) in [6, 6.07) is 4.78. The van der Waals surface area contributed by atoms with Crippen LogP contribution in [0.3, 0.4) is 0 Å². The van der Waals surface area contributed by atoms with E-state index in [0.29, 0.717) is 6.04 Å². The van der Waals surface area contributed by atoms with Gasteiger partial charge in [-0.15, -0.1) is 0 Å². The molecule has 1 unspecified atom stereocenters. The molecule has 1 N–H and O–H groups in total. The summed E-state index contributed by atoms with van der Waals surface area (Å²) in [6.07, 6.45) is 3.03. The molecule has 1 atom stereocenters. The largest absolute Gasteiger partial charge is 0.370 e. The highest BCUT2D eigenvalue weighted by atomic mass is 15.2. The molecule has 16 heavy (non-hydrogen) atoms. The number of pyridine rings is 1. The lowest BCUT2D eigenvalue weighted by Gasteiger charge is -2.29. The van der Waals surface area contributed by atoms with Gasteiger partial charge in [0.1, 0.15) is 5.82 Å². The average Bonchev–Trinajstić information content (AvgIpc) is 2.31. The second-order valence-corrected chi connectivity index (χ2v) is 3.97. The Hall–Kier alpha value is -1.25. The van der Waals surface area contributed by atoms with Crippen LogP contribution in [0, 0.1) is 0 Å². The van der Waals surface area contributed by atoms with E-state index in [2.05, 4.69) is 55.0 Å². The molecule has 0 aromatic carbocycles. The summed E-state index contributed by atoms with van der Waals surface area (Å²) in [4.78, 5) is 6.70. The van der Waals surface area contributed by atoms with E-state index >= 15 is 0 Å². The van der Waals surface area contributed by atoms with Gasteiger partial charge in [-0.3, -0.25) is 0 Å². The fourth-order valence-electron chi connectivity index (χ4n) is 1.84. The summed E-state index contributed by atoms with van der Waals surface area (Å²) in [5, 5.41) is 3.25. The van der Waals surface area contributed by atoms with Gasteiger partial charge in [0.2, 0.25) is 0 Å². The number of rotatable bonds is 6. The quantitative estimate of drug-likeness (QED) is 0.800. The van der Waals surface area contributed by atoms with Crippen molar-refractivity contribution in [1.82, 2.24) is 4.98 Å². The molecule has 3 heteroatoms. The monoisotopic (exact) mass is 221 g/mol. The highest BCUT2D eigenvalue weighted by Crippen LogP contribution is 2.20. The molecule has 0 spiro atoms. The third-order valence-corrected chi connectivity index (χ3v) is 2.90. The normalized spacial score (nSPS) is 12.2. The van der Waals surface area contributed by atoms with E-state index in [1.165, 1.54) is 5.69 Å². The lowest BCUT2D eigenvalue weighted by Crippen LogP contribution is -2.32. The lowest BCUT2D eigenvalue weighted by atomic mass is 10.2. The van der Waals surface area contributed by atoms with Gasteiger partial charge in [0.25, 0.3) is 0 Å². The molecule has 1 aromatic heterocycles.